The van der Waals surface area contributed by atoms with Crippen LogP contribution in [0.15, 0.2) is 152 Å². The summed E-state index contributed by atoms with van der Waals surface area (Å²) >= 11 is 9.53. The number of hydrogen-bond donors (Lipinski definition) is 0. The predicted molar refractivity (Wildman–Crippen MR) is 202 cm³/mol. The normalized spacial score (nSPS) is 13.9. The van der Waals surface area contributed by atoms with E-state index in [0.29, 0.717) is 12.3 Å². The van der Waals surface area contributed by atoms with E-state index >= 15 is 0 Å². The molecule has 0 aliphatic carbocycles. The highest BCUT2D eigenvalue weighted by Gasteiger charge is 2.35. The molecule has 0 bridgehead atoms. The number of benzene rings is 5. The van der Waals surface area contributed by atoms with Gasteiger partial charge in [0.05, 0.1) is 37.8 Å². The van der Waals surface area contributed by atoms with Crippen molar-refractivity contribution in [1.29, 1.82) is 0 Å². The third-order valence-electron chi connectivity index (χ3n) is 9.28. The molecule has 47 heavy (non-hydrogen) atoms. The monoisotopic (exact) mass is 660 g/mol. The quantitative estimate of drug-likeness (QED) is 0.110. The number of rotatable bonds is 7. The van der Waals surface area contributed by atoms with Gasteiger partial charge in [0.15, 0.2) is 0 Å². The zero-order valence-electron chi connectivity index (χ0n) is 26.9. The Morgan fingerprint density at radius 3 is 1.40 bits per heavy atom. The van der Waals surface area contributed by atoms with Gasteiger partial charge in [0, 0.05) is 6.42 Å². The lowest BCUT2D eigenvalue weighted by molar-refractivity contribution is -0.529. The maximum absolute atomic E-state index is 12.4. The van der Waals surface area contributed by atoms with E-state index in [1.54, 1.807) is 0 Å². The lowest BCUT2D eigenvalue weighted by Gasteiger charge is -2.44. The summed E-state index contributed by atoms with van der Waals surface area (Å²) in [6.45, 7) is 3.19. The van der Waals surface area contributed by atoms with E-state index in [4.69, 9.17) is 23.2 Å². The van der Waals surface area contributed by atoms with E-state index in [1.165, 1.54) is 39.7 Å². The Bertz CT molecular complexity index is 1520. The summed E-state index contributed by atoms with van der Waals surface area (Å²) < 4.78 is 2.39. The molecule has 0 radical (unpaired) electrons. The first-order valence-corrected chi connectivity index (χ1v) is 17.7. The van der Waals surface area contributed by atoms with E-state index < -0.39 is 6.15 Å². The van der Waals surface area contributed by atoms with Crippen molar-refractivity contribution in [3.8, 4) is 0 Å². The highest BCUT2D eigenvalue weighted by atomic mass is 35.5. The van der Waals surface area contributed by atoms with Crippen molar-refractivity contribution in [2.24, 2.45) is 0 Å². The Labute approximate surface area is 290 Å². The van der Waals surface area contributed by atoms with Crippen LogP contribution in [0.2, 0.25) is 0 Å². The second-order valence-corrected chi connectivity index (χ2v) is 12.8. The molecule has 3 nitrogen and oxygen atoms in total. The first-order chi connectivity index (χ1) is 23.2. The fourth-order valence-electron chi connectivity index (χ4n) is 7.23. The summed E-state index contributed by atoms with van der Waals surface area (Å²) in [4.78, 5) is 14.4. The number of amides is 1. The molecule has 0 saturated carbocycles. The van der Waals surface area contributed by atoms with E-state index in [2.05, 4.69) is 138 Å². The third-order valence-corrected chi connectivity index (χ3v) is 9.28. The van der Waals surface area contributed by atoms with Crippen molar-refractivity contribution >= 4 is 62.9 Å². The smallest absolute Gasteiger partial charge is 0.265 e. The summed E-state index contributed by atoms with van der Waals surface area (Å²) in [6, 6.07) is 53.8. The zero-order valence-corrected chi connectivity index (χ0v) is 28.4. The second-order valence-electron chi connectivity index (χ2n) is 12.0. The van der Waals surface area contributed by atoms with Crippen LogP contribution in [0, 0.1) is 0 Å². The van der Waals surface area contributed by atoms with E-state index in [9.17, 15) is 4.79 Å². The second kappa shape index (κ2) is 17.7. The van der Waals surface area contributed by atoms with E-state index in [0.717, 1.165) is 38.9 Å². The molecule has 2 heterocycles. The Morgan fingerprint density at radius 2 is 0.979 bits per heavy atom. The van der Waals surface area contributed by atoms with Gasteiger partial charge < -0.3 is 0 Å². The van der Waals surface area contributed by atoms with Crippen molar-refractivity contribution in [3.05, 3.63) is 157 Å². The van der Waals surface area contributed by atoms with Gasteiger partial charge in [0.1, 0.15) is 6.15 Å². The molecule has 0 spiro atoms. The van der Waals surface area contributed by atoms with Gasteiger partial charge in [0.2, 0.25) is 0 Å². The van der Waals surface area contributed by atoms with Crippen molar-refractivity contribution in [1.82, 2.24) is 4.90 Å². The molecule has 0 N–H and O–H groups in total. The molecule has 5 aromatic rings. The number of carbonyl (C=O) groups excluding carboxylic acids is 1. The molecule has 7 rings (SSSR count). The minimum Gasteiger partial charge on any atom is -0.265 e. The topological polar surface area (TPSA) is 23.3 Å². The standard InChI is InChI=1S/C24H20B.C16H21N2O.CH2Cl2/c1-5-13-21(14-6-1)25(22-15-7-2-8-16-22,23-17-9-3-10-18-23)24-19-11-4-12-20-24;19-16(10-9-14-6-2-1-3-7-14)18-13-5-12-17-11-4-8-15(17)18;2-1-3/h1-20H;1-3,6-7H,4-5,8-13H2;1H2/q-1;+1;. The molecule has 0 atom stereocenters. The molecule has 2 aliphatic heterocycles. The maximum Gasteiger partial charge on any atom is 0.309 e. The van der Waals surface area contributed by atoms with Crippen LogP contribution < -0.4 is 21.9 Å². The largest absolute Gasteiger partial charge is 0.309 e. The van der Waals surface area contributed by atoms with Crippen molar-refractivity contribution < 1.29 is 9.37 Å². The number of nitrogens with zero attached hydrogens (tertiary/aromatic N) is 2. The molecule has 0 saturated heterocycles. The Hall–Kier alpha value is -4.12. The minimum absolute atomic E-state index is 0.194. The summed E-state index contributed by atoms with van der Waals surface area (Å²) in [5.41, 5.74) is 6.61. The highest BCUT2D eigenvalue weighted by molar-refractivity contribution is 7.19. The average Bonchev–Trinajstić information content (AvgIpc) is 3.64. The summed E-state index contributed by atoms with van der Waals surface area (Å²) in [5, 5.41) is 0.194. The zero-order chi connectivity index (χ0) is 32.7. The van der Waals surface area contributed by atoms with Crippen molar-refractivity contribution in [2.75, 3.05) is 25.0 Å². The summed E-state index contributed by atoms with van der Waals surface area (Å²) in [7, 11) is 0. The van der Waals surface area contributed by atoms with Gasteiger partial charge in [-0.2, -0.15) is 21.9 Å². The molecule has 0 unspecified atom stereocenters. The van der Waals surface area contributed by atoms with Gasteiger partial charge in [-0.15, -0.1) is 23.2 Å². The Morgan fingerprint density at radius 1 is 0.596 bits per heavy atom. The van der Waals surface area contributed by atoms with Crippen LogP contribution in [-0.2, 0) is 11.2 Å². The number of halogens is 2. The fourth-order valence-corrected chi connectivity index (χ4v) is 7.23. The number of alkyl halides is 2. The van der Waals surface area contributed by atoms with Crippen LogP contribution >= 0.6 is 23.2 Å². The molecule has 1 amide bonds. The molecule has 6 heteroatoms. The van der Waals surface area contributed by atoms with Crippen LogP contribution in [0.4, 0.5) is 0 Å². The Kier molecular flexibility index (Phi) is 12.9. The molecule has 0 aromatic heterocycles. The Balaban J connectivity index is 0.000000176. The van der Waals surface area contributed by atoms with Gasteiger partial charge in [-0.05, 0) is 18.4 Å². The minimum atomic E-state index is -1.22. The molecule has 0 fully saturated rings. The van der Waals surface area contributed by atoms with Crippen LogP contribution in [-0.4, -0.2) is 52.3 Å². The van der Waals surface area contributed by atoms with Crippen LogP contribution in [0.3, 0.4) is 0 Å². The first-order valence-electron chi connectivity index (χ1n) is 16.6. The van der Waals surface area contributed by atoms with Gasteiger partial charge >= 0.3 is 5.91 Å². The molecule has 2 aliphatic rings. The lowest BCUT2D eigenvalue weighted by Crippen LogP contribution is -2.74. The van der Waals surface area contributed by atoms with Crippen LogP contribution in [0.25, 0.3) is 0 Å². The van der Waals surface area contributed by atoms with Crippen molar-refractivity contribution in [3.63, 3.8) is 0 Å². The van der Waals surface area contributed by atoms with E-state index in [-0.39, 0.29) is 5.34 Å². The predicted octanol–water partition coefficient (Wildman–Crippen LogP) is 6.54. The van der Waals surface area contributed by atoms with Gasteiger partial charge in [-0.1, -0.05) is 152 Å². The van der Waals surface area contributed by atoms with Gasteiger partial charge in [0.25, 0.3) is 5.84 Å². The molecule has 5 aromatic carbocycles. The number of aryl methyl sites for hydroxylation is 1. The summed E-state index contributed by atoms with van der Waals surface area (Å²) in [5.74, 6) is 1.58. The average molecular weight is 662 g/mol. The number of carbonyl (C=O) groups is 1. The maximum atomic E-state index is 12.4. The highest BCUT2D eigenvalue weighted by Crippen LogP contribution is 2.16. The lowest BCUT2D eigenvalue weighted by atomic mass is 9.13. The van der Waals surface area contributed by atoms with Crippen LogP contribution in [0.1, 0.15) is 31.2 Å². The summed E-state index contributed by atoms with van der Waals surface area (Å²) in [6.07, 6.45) is 3.66. The molecular formula is C41H43BCl2N2O. The molecule has 240 valence electrons. The molecular weight excluding hydrogens is 618 g/mol. The fraction of sp³-hybridized carbons (Fsp3) is 0.220. The number of amidine groups is 1. The SMILES string of the molecule is ClCCl.O=C(CCc1ccccc1)N1CCC[N+]2=C1CCC2.c1ccc([B-](c2ccccc2)(c2ccccc2)c2ccccc2)cc1. The van der Waals surface area contributed by atoms with Crippen molar-refractivity contribution in [2.45, 2.75) is 32.1 Å². The number of hydrogen-bond acceptors (Lipinski definition) is 1. The van der Waals surface area contributed by atoms with Gasteiger partial charge in [-0.3, -0.25) is 4.58 Å². The first kappa shape index (κ1) is 34.2. The van der Waals surface area contributed by atoms with Crippen LogP contribution in [0.5, 0.6) is 0 Å². The third kappa shape index (κ3) is 8.43. The van der Waals surface area contributed by atoms with E-state index in [1.807, 2.05) is 23.1 Å². The van der Waals surface area contributed by atoms with Gasteiger partial charge in [-0.25, -0.2) is 9.69 Å².